The van der Waals surface area contributed by atoms with Gasteiger partial charge in [0.15, 0.2) is 5.78 Å². The highest BCUT2D eigenvalue weighted by atomic mass is 32.2. The van der Waals surface area contributed by atoms with E-state index in [-0.39, 0.29) is 11.5 Å². The second-order valence-electron chi connectivity index (χ2n) is 6.14. The Bertz CT molecular complexity index is 1170. The molecule has 0 radical (unpaired) electrons. The molecule has 0 fully saturated rings. The molecule has 3 heterocycles. The minimum Gasteiger partial charge on any atom is -0.293 e. The van der Waals surface area contributed by atoms with E-state index in [1.165, 1.54) is 11.8 Å². The molecular weight excluding hydrogens is 398 g/mol. The standard InChI is InChI=1S/C23H15N3OS2/c24-13-19-18(22-9-5-11-28-22)12-20(17-8-4-10-25-14-17)26-23(19)29-15-21(27)16-6-2-1-3-7-16/h1-12,14H,15H2. The number of aromatic nitrogens is 2. The highest BCUT2D eigenvalue weighted by molar-refractivity contribution is 8.00. The summed E-state index contributed by atoms with van der Waals surface area (Å²) in [5.74, 6) is 0.220. The van der Waals surface area contributed by atoms with Crippen LogP contribution < -0.4 is 0 Å². The van der Waals surface area contributed by atoms with Gasteiger partial charge in [0.25, 0.3) is 0 Å². The van der Waals surface area contributed by atoms with E-state index in [9.17, 15) is 10.1 Å². The number of pyridine rings is 2. The Balaban J connectivity index is 1.74. The van der Waals surface area contributed by atoms with Crippen molar-refractivity contribution in [3.8, 4) is 27.8 Å². The van der Waals surface area contributed by atoms with Crippen LogP contribution in [0, 0.1) is 11.3 Å². The van der Waals surface area contributed by atoms with Crippen LogP contribution in [0.3, 0.4) is 0 Å². The summed E-state index contributed by atoms with van der Waals surface area (Å²) in [6.45, 7) is 0. The summed E-state index contributed by atoms with van der Waals surface area (Å²) in [4.78, 5) is 22.4. The van der Waals surface area contributed by atoms with Crippen molar-refractivity contribution in [2.45, 2.75) is 5.03 Å². The van der Waals surface area contributed by atoms with Gasteiger partial charge in [-0.15, -0.1) is 11.3 Å². The zero-order valence-electron chi connectivity index (χ0n) is 15.3. The quantitative estimate of drug-likeness (QED) is 0.299. The maximum atomic E-state index is 12.5. The number of Topliss-reactive ketones (excluding diaryl/α,β-unsaturated/α-hetero) is 1. The van der Waals surface area contributed by atoms with Crippen LogP contribution >= 0.6 is 23.1 Å². The average Bonchev–Trinajstić information content (AvgIpc) is 3.33. The van der Waals surface area contributed by atoms with E-state index in [2.05, 4.69) is 11.1 Å². The van der Waals surface area contributed by atoms with Crippen molar-refractivity contribution in [2.75, 3.05) is 5.75 Å². The molecule has 140 valence electrons. The zero-order valence-corrected chi connectivity index (χ0v) is 16.9. The van der Waals surface area contributed by atoms with Crippen molar-refractivity contribution in [1.82, 2.24) is 9.97 Å². The number of hydrogen-bond donors (Lipinski definition) is 0. The summed E-state index contributed by atoms with van der Waals surface area (Å²) in [7, 11) is 0. The Morgan fingerprint density at radius 2 is 1.97 bits per heavy atom. The molecule has 3 aromatic heterocycles. The third kappa shape index (κ3) is 4.27. The Kier molecular flexibility index (Phi) is 5.80. The number of carbonyl (C=O) groups excluding carboxylic acids is 1. The molecule has 0 atom stereocenters. The first kappa shape index (κ1) is 19.1. The second kappa shape index (κ2) is 8.82. The first-order valence-electron chi connectivity index (χ1n) is 8.86. The molecule has 0 aliphatic heterocycles. The molecule has 4 rings (SSSR count). The van der Waals surface area contributed by atoms with E-state index in [0.29, 0.717) is 16.2 Å². The van der Waals surface area contributed by atoms with Gasteiger partial charge in [-0.25, -0.2) is 4.98 Å². The number of hydrogen-bond acceptors (Lipinski definition) is 6. The number of benzene rings is 1. The molecule has 0 saturated carbocycles. The monoisotopic (exact) mass is 413 g/mol. The fourth-order valence-electron chi connectivity index (χ4n) is 2.86. The molecule has 6 heteroatoms. The largest absolute Gasteiger partial charge is 0.293 e. The van der Waals surface area contributed by atoms with Crippen LogP contribution in [0.1, 0.15) is 15.9 Å². The summed E-state index contributed by atoms with van der Waals surface area (Å²) in [6, 6.07) is 21.1. The molecule has 0 bridgehead atoms. The molecule has 0 saturated heterocycles. The van der Waals surface area contributed by atoms with Crippen molar-refractivity contribution in [1.29, 1.82) is 5.26 Å². The Morgan fingerprint density at radius 1 is 1.10 bits per heavy atom. The predicted molar refractivity (Wildman–Crippen MR) is 117 cm³/mol. The van der Waals surface area contributed by atoms with Crippen LogP contribution in [0.4, 0.5) is 0 Å². The lowest BCUT2D eigenvalue weighted by molar-refractivity contribution is 0.102. The molecule has 0 amide bonds. The van der Waals surface area contributed by atoms with Crippen molar-refractivity contribution < 1.29 is 4.79 Å². The molecular formula is C23H15N3OS2. The van der Waals surface area contributed by atoms with Gasteiger partial charge < -0.3 is 0 Å². The SMILES string of the molecule is N#Cc1c(-c2cccs2)cc(-c2cccnc2)nc1SCC(=O)c1ccccc1. The van der Waals surface area contributed by atoms with E-state index in [4.69, 9.17) is 4.98 Å². The summed E-state index contributed by atoms with van der Waals surface area (Å²) in [6.07, 6.45) is 3.46. The first-order chi connectivity index (χ1) is 14.3. The predicted octanol–water partition coefficient (Wildman–Crippen LogP) is 5.72. The molecule has 0 aliphatic carbocycles. The Labute approximate surface area is 176 Å². The highest BCUT2D eigenvalue weighted by Gasteiger charge is 2.18. The first-order valence-corrected chi connectivity index (χ1v) is 10.7. The number of thiophene rings is 1. The summed E-state index contributed by atoms with van der Waals surface area (Å²) >= 11 is 2.86. The number of carbonyl (C=O) groups is 1. The van der Waals surface area contributed by atoms with Crippen LogP contribution in [-0.4, -0.2) is 21.5 Å². The third-order valence-electron chi connectivity index (χ3n) is 4.28. The van der Waals surface area contributed by atoms with Gasteiger partial charge in [0.2, 0.25) is 0 Å². The Hall–Kier alpha value is -3.27. The van der Waals surface area contributed by atoms with Gasteiger partial charge >= 0.3 is 0 Å². The molecule has 4 nitrogen and oxygen atoms in total. The van der Waals surface area contributed by atoms with E-state index >= 15 is 0 Å². The normalized spacial score (nSPS) is 10.4. The summed E-state index contributed by atoms with van der Waals surface area (Å²) < 4.78 is 0. The van der Waals surface area contributed by atoms with Gasteiger partial charge in [-0.05, 0) is 29.6 Å². The molecule has 0 aliphatic rings. The van der Waals surface area contributed by atoms with Crippen LogP contribution in [0.5, 0.6) is 0 Å². The maximum Gasteiger partial charge on any atom is 0.173 e. The van der Waals surface area contributed by atoms with Crippen molar-refractivity contribution in [3.05, 3.63) is 89.6 Å². The molecule has 29 heavy (non-hydrogen) atoms. The smallest absolute Gasteiger partial charge is 0.173 e. The highest BCUT2D eigenvalue weighted by Crippen LogP contribution is 2.36. The fourth-order valence-corrected chi connectivity index (χ4v) is 4.51. The number of thioether (sulfide) groups is 1. The van der Waals surface area contributed by atoms with Crippen LogP contribution in [0.25, 0.3) is 21.7 Å². The van der Waals surface area contributed by atoms with E-state index in [0.717, 1.165) is 21.7 Å². The van der Waals surface area contributed by atoms with Gasteiger partial charge in [0.05, 0.1) is 17.0 Å². The van der Waals surface area contributed by atoms with E-state index < -0.39 is 0 Å². The Morgan fingerprint density at radius 3 is 2.66 bits per heavy atom. The zero-order chi connectivity index (χ0) is 20.1. The van der Waals surface area contributed by atoms with Crippen LogP contribution in [0.2, 0.25) is 0 Å². The minimum absolute atomic E-state index is 0.00532. The van der Waals surface area contributed by atoms with Crippen LogP contribution in [0.15, 0.2) is 83.5 Å². The third-order valence-corrected chi connectivity index (χ3v) is 6.16. The topological polar surface area (TPSA) is 66.6 Å². The van der Waals surface area contributed by atoms with Crippen molar-refractivity contribution in [2.24, 2.45) is 0 Å². The van der Waals surface area contributed by atoms with Crippen LogP contribution in [-0.2, 0) is 0 Å². The number of rotatable bonds is 6. The number of nitrogens with zero attached hydrogens (tertiary/aromatic N) is 3. The number of ketones is 1. The second-order valence-corrected chi connectivity index (χ2v) is 8.06. The molecule has 0 N–H and O–H groups in total. The number of nitriles is 1. The summed E-state index contributed by atoms with van der Waals surface area (Å²) in [5.41, 5.74) is 3.57. The molecule has 4 aromatic rings. The van der Waals surface area contributed by atoms with Crippen molar-refractivity contribution >= 4 is 28.9 Å². The summed E-state index contributed by atoms with van der Waals surface area (Å²) in [5, 5.41) is 12.4. The van der Waals surface area contributed by atoms with Crippen molar-refractivity contribution in [3.63, 3.8) is 0 Å². The van der Waals surface area contributed by atoms with Gasteiger partial charge in [-0.1, -0.05) is 48.2 Å². The molecule has 1 aromatic carbocycles. The maximum absolute atomic E-state index is 12.5. The lowest BCUT2D eigenvalue weighted by Crippen LogP contribution is -2.03. The molecule has 0 spiro atoms. The van der Waals surface area contributed by atoms with Gasteiger partial charge in [0, 0.05) is 34.0 Å². The lowest BCUT2D eigenvalue weighted by atomic mass is 10.1. The van der Waals surface area contributed by atoms with Gasteiger partial charge in [0.1, 0.15) is 11.1 Å². The molecule has 0 unspecified atom stereocenters. The fraction of sp³-hybridized carbons (Fsp3) is 0.0435. The van der Waals surface area contributed by atoms with E-state index in [1.54, 1.807) is 35.9 Å². The lowest BCUT2D eigenvalue weighted by Gasteiger charge is -2.11. The van der Waals surface area contributed by atoms with E-state index in [1.807, 2.05) is 53.9 Å². The average molecular weight is 414 g/mol. The minimum atomic E-state index is 0.00532. The van der Waals surface area contributed by atoms with Gasteiger partial charge in [-0.3, -0.25) is 9.78 Å². The van der Waals surface area contributed by atoms with Gasteiger partial charge in [-0.2, -0.15) is 5.26 Å².